The van der Waals surface area contributed by atoms with Gasteiger partial charge in [-0.1, -0.05) is 17.8 Å². The lowest BCUT2D eigenvalue weighted by Gasteiger charge is -2.32. The molecule has 0 unspecified atom stereocenters. The zero-order chi connectivity index (χ0) is 18.8. The molecule has 2 aromatic rings. The minimum absolute atomic E-state index is 0.0551. The normalized spacial score (nSPS) is 18.6. The van der Waals surface area contributed by atoms with E-state index in [2.05, 4.69) is 51.7 Å². The third-order valence-electron chi connectivity index (χ3n) is 5.47. The van der Waals surface area contributed by atoms with Crippen molar-refractivity contribution in [3.63, 3.8) is 0 Å². The first-order valence-electron chi connectivity index (χ1n) is 9.62. The van der Waals surface area contributed by atoms with Gasteiger partial charge in [0, 0.05) is 25.2 Å². The molecule has 0 bridgehead atoms. The lowest BCUT2D eigenvalue weighted by molar-refractivity contribution is -0.119. The summed E-state index contributed by atoms with van der Waals surface area (Å²) in [7, 11) is 0. The average molecular weight is 387 g/mol. The van der Waals surface area contributed by atoms with Gasteiger partial charge in [-0.25, -0.2) is 0 Å². The van der Waals surface area contributed by atoms with E-state index in [1.165, 1.54) is 35.7 Å². The minimum Gasteiger partial charge on any atom is -0.353 e. The van der Waals surface area contributed by atoms with Crippen LogP contribution in [0, 0.1) is 13.8 Å². The van der Waals surface area contributed by atoms with Crippen LogP contribution in [0.4, 0.5) is 0 Å². The van der Waals surface area contributed by atoms with Crippen LogP contribution in [0.1, 0.15) is 36.8 Å². The van der Waals surface area contributed by atoms with E-state index in [0.717, 1.165) is 37.7 Å². The van der Waals surface area contributed by atoms with Crippen molar-refractivity contribution in [3.05, 3.63) is 29.3 Å². The summed E-state index contributed by atoms with van der Waals surface area (Å²) in [5, 5.41) is 15.7. The van der Waals surface area contributed by atoms with Crippen LogP contribution in [0.25, 0.3) is 5.69 Å². The van der Waals surface area contributed by atoms with Crippen LogP contribution in [0.3, 0.4) is 0 Å². The number of benzene rings is 1. The molecule has 2 heterocycles. The van der Waals surface area contributed by atoms with Gasteiger partial charge in [-0.15, -0.1) is 5.10 Å². The predicted molar refractivity (Wildman–Crippen MR) is 105 cm³/mol. The van der Waals surface area contributed by atoms with Crippen molar-refractivity contribution in [1.82, 2.24) is 30.4 Å². The van der Waals surface area contributed by atoms with Crippen LogP contribution in [0.5, 0.6) is 0 Å². The summed E-state index contributed by atoms with van der Waals surface area (Å²) in [5.74, 6) is 0.383. The number of carbonyl (C=O) groups excluding carboxylic acids is 1. The number of aryl methyl sites for hydroxylation is 2. The zero-order valence-corrected chi connectivity index (χ0v) is 16.7. The van der Waals surface area contributed by atoms with Crippen LogP contribution in [-0.2, 0) is 4.79 Å². The Bertz CT molecular complexity index is 810. The Balaban J connectivity index is 1.29. The number of carbonyl (C=O) groups is 1. The molecule has 1 aliphatic carbocycles. The van der Waals surface area contributed by atoms with E-state index >= 15 is 0 Å². The van der Waals surface area contributed by atoms with Gasteiger partial charge < -0.3 is 10.2 Å². The SMILES string of the molecule is Cc1ccc(-n2nnnc2SCC(=O)NC2CCN(C3CC3)CC2)cc1C. The van der Waals surface area contributed by atoms with E-state index in [4.69, 9.17) is 0 Å². The number of hydrogen-bond acceptors (Lipinski definition) is 6. The molecule has 144 valence electrons. The molecular weight excluding hydrogens is 360 g/mol. The van der Waals surface area contributed by atoms with E-state index in [1.807, 2.05) is 6.07 Å². The molecular formula is C19H26N6OS. The summed E-state index contributed by atoms with van der Waals surface area (Å²) in [6.45, 7) is 6.35. The Morgan fingerprint density at radius 2 is 1.96 bits per heavy atom. The number of hydrogen-bond donors (Lipinski definition) is 1. The van der Waals surface area contributed by atoms with Crippen molar-refractivity contribution in [2.24, 2.45) is 0 Å². The highest BCUT2D eigenvalue weighted by molar-refractivity contribution is 7.99. The number of rotatable bonds is 6. The Morgan fingerprint density at radius 3 is 2.67 bits per heavy atom. The van der Waals surface area contributed by atoms with Crippen molar-refractivity contribution < 1.29 is 4.79 Å². The Hall–Kier alpha value is -1.93. The lowest BCUT2D eigenvalue weighted by atomic mass is 10.1. The number of amides is 1. The fraction of sp³-hybridized carbons (Fsp3) is 0.579. The second kappa shape index (κ2) is 7.98. The number of tetrazole rings is 1. The van der Waals surface area contributed by atoms with Gasteiger partial charge in [0.25, 0.3) is 0 Å². The first-order valence-corrected chi connectivity index (χ1v) is 10.6. The van der Waals surface area contributed by atoms with Gasteiger partial charge in [0.1, 0.15) is 0 Å². The molecule has 2 aliphatic rings. The van der Waals surface area contributed by atoms with Crippen LogP contribution in [-0.4, -0.2) is 61.9 Å². The predicted octanol–water partition coefficient (Wildman–Crippen LogP) is 2.11. The summed E-state index contributed by atoms with van der Waals surface area (Å²) < 4.78 is 1.69. The molecule has 8 heteroatoms. The quantitative estimate of drug-likeness (QED) is 0.767. The minimum atomic E-state index is 0.0551. The molecule has 1 saturated carbocycles. The third-order valence-corrected chi connectivity index (χ3v) is 6.39. The smallest absolute Gasteiger partial charge is 0.230 e. The molecule has 1 aromatic carbocycles. The molecule has 1 N–H and O–H groups in total. The Labute approximate surface area is 163 Å². The number of thioether (sulfide) groups is 1. The van der Waals surface area contributed by atoms with Gasteiger partial charge in [0.15, 0.2) is 0 Å². The lowest BCUT2D eigenvalue weighted by Crippen LogP contribution is -2.45. The number of nitrogens with zero attached hydrogens (tertiary/aromatic N) is 5. The molecule has 2 fully saturated rings. The third kappa shape index (κ3) is 4.50. The molecule has 1 amide bonds. The second-order valence-electron chi connectivity index (χ2n) is 7.54. The number of likely N-dealkylation sites (tertiary alicyclic amines) is 1. The zero-order valence-electron chi connectivity index (χ0n) is 15.9. The van der Waals surface area contributed by atoms with Crippen LogP contribution in [0.15, 0.2) is 23.4 Å². The van der Waals surface area contributed by atoms with E-state index in [9.17, 15) is 4.79 Å². The molecule has 27 heavy (non-hydrogen) atoms. The molecule has 1 saturated heterocycles. The standard InChI is InChI=1S/C19H26N6OS/c1-13-3-4-17(11-14(13)2)25-19(21-22-23-25)27-12-18(26)20-15-7-9-24(10-8-15)16-5-6-16/h3-4,11,15-16H,5-10,12H2,1-2H3,(H,20,26). The second-order valence-corrected chi connectivity index (χ2v) is 8.48. The molecule has 1 aromatic heterocycles. The summed E-state index contributed by atoms with van der Waals surface area (Å²) in [5.41, 5.74) is 3.33. The van der Waals surface area contributed by atoms with E-state index in [0.29, 0.717) is 17.0 Å². The number of nitrogens with one attached hydrogen (secondary N) is 1. The van der Waals surface area contributed by atoms with E-state index < -0.39 is 0 Å². The first kappa shape index (κ1) is 18.4. The summed E-state index contributed by atoms with van der Waals surface area (Å²) in [6, 6.07) is 7.23. The maximum absolute atomic E-state index is 12.4. The van der Waals surface area contributed by atoms with Crippen molar-refractivity contribution >= 4 is 17.7 Å². The highest BCUT2D eigenvalue weighted by Gasteiger charge is 2.32. The number of aromatic nitrogens is 4. The van der Waals surface area contributed by atoms with Crippen molar-refractivity contribution in [3.8, 4) is 5.69 Å². The molecule has 0 radical (unpaired) electrons. The number of piperidine rings is 1. The molecule has 0 atom stereocenters. The van der Waals surface area contributed by atoms with Crippen molar-refractivity contribution in [2.45, 2.75) is 56.8 Å². The van der Waals surface area contributed by atoms with Gasteiger partial charge in [0.05, 0.1) is 11.4 Å². The van der Waals surface area contributed by atoms with Crippen molar-refractivity contribution in [1.29, 1.82) is 0 Å². The summed E-state index contributed by atoms with van der Waals surface area (Å²) >= 11 is 1.38. The largest absolute Gasteiger partial charge is 0.353 e. The maximum Gasteiger partial charge on any atom is 0.230 e. The van der Waals surface area contributed by atoms with Gasteiger partial charge >= 0.3 is 0 Å². The summed E-state index contributed by atoms with van der Waals surface area (Å²) in [4.78, 5) is 14.9. The fourth-order valence-corrected chi connectivity index (χ4v) is 4.24. The molecule has 7 nitrogen and oxygen atoms in total. The molecule has 1 aliphatic heterocycles. The maximum atomic E-state index is 12.4. The average Bonchev–Trinajstić information content (AvgIpc) is 3.41. The Morgan fingerprint density at radius 1 is 1.19 bits per heavy atom. The highest BCUT2D eigenvalue weighted by atomic mass is 32.2. The van der Waals surface area contributed by atoms with Gasteiger partial charge in [-0.2, -0.15) is 4.68 Å². The van der Waals surface area contributed by atoms with Crippen molar-refractivity contribution in [2.75, 3.05) is 18.8 Å². The van der Waals surface area contributed by atoms with Gasteiger partial charge in [-0.05, 0) is 73.2 Å². The van der Waals surface area contributed by atoms with Crippen LogP contribution < -0.4 is 5.32 Å². The topological polar surface area (TPSA) is 75.9 Å². The van der Waals surface area contributed by atoms with Crippen LogP contribution >= 0.6 is 11.8 Å². The summed E-state index contributed by atoms with van der Waals surface area (Å²) in [6.07, 6.45) is 4.80. The first-order chi connectivity index (χ1) is 13.1. The van der Waals surface area contributed by atoms with Gasteiger partial charge in [-0.3, -0.25) is 4.79 Å². The van der Waals surface area contributed by atoms with E-state index in [1.54, 1.807) is 4.68 Å². The molecule has 4 rings (SSSR count). The van der Waals surface area contributed by atoms with E-state index in [-0.39, 0.29) is 5.91 Å². The van der Waals surface area contributed by atoms with Gasteiger partial charge in [0.2, 0.25) is 11.1 Å². The monoisotopic (exact) mass is 386 g/mol. The van der Waals surface area contributed by atoms with Crippen LogP contribution in [0.2, 0.25) is 0 Å². The highest BCUT2D eigenvalue weighted by Crippen LogP contribution is 2.29. The fourth-order valence-electron chi connectivity index (χ4n) is 3.54. The Kier molecular flexibility index (Phi) is 5.45. The molecule has 0 spiro atoms.